The van der Waals surface area contributed by atoms with E-state index in [4.69, 9.17) is 0 Å². The Morgan fingerprint density at radius 3 is 1.65 bits per heavy atom. The number of rotatable bonds is 12. The summed E-state index contributed by atoms with van der Waals surface area (Å²) in [4.78, 5) is 0. The summed E-state index contributed by atoms with van der Waals surface area (Å²) in [5.41, 5.74) is 0. The molecule has 1 aliphatic carbocycles. The van der Waals surface area contributed by atoms with Crippen LogP contribution in [-0.2, 0) is 0 Å². The van der Waals surface area contributed by atoms with Crippen LogP contribution in [0.3, 0.4) is 0 Å². The molecule has 0 spiro atoms. The van der Waals surface area contributed by atoms with Gasteiger partial charge in [0, 0.05) is 12.1 Å². The first kappa shape index (κ1) is 14.9. The third-order valence-corrected chi connectivity index (χ3v) is 3.16. The van der Waals surface area contributed by atoms with Crippen molar-refractivity contribution in [3.63, 3.8) is 0 Å². The fourth-order valence-electron chi connectivity index (χ4n) is 2.00. The van der Waals surface area contributed by atoms with Crippen molar-refractivity contribution in [3.05, 3.63) is 0 Å². The van der Waals surface area contributed by atoms with Crippen molar-refractivity contribution < 1.29 is 0 Å². The Morgan fingerprint density at radius 2 is 1.24 bits per heavy atom. The van der Waals surface area contributed by atoms with E-state index < -0.39 is 0 Å². The van der Waals surface area contributed by atoms with Crippen LogP contribution in [0.1, 0.15) is 33.1 Å². The Bertz CT molecular complexity index is 157. The molecule has 0 saturated heterocycles. The molecule has 1 rings (SSSR count). The summed E-state index contributed by atoms with van der Waals surface area (Å²) in [6.07, 6.45) is 3.78. The van der Waals surface area contributed by atoms with Gasteiger partial charge in [-0.05, 0) is 58.5 Å². The fraction of sp³-hybridized carbons (Fsp3) is 1.00. The zero-order valence-corrected chi connectivity index (χ0v) is 11.5. The number of hydrogen-bond donors (Lipinski definition) is 4. The van der Waals surface area contributed by atoms with E-state index in [1.54, 1.807) is 0 Å². The Kier molecular flexibility index (Phi) is 8.61. The third kappa shape index (κ3) is 7.71. The maximum atomic E-state index is 3.60. The molecule has 0 heterocycles. The SMILES string of the molecule is CCNCCCN[C@H]1C[C@@H]1NCCCNCC. The minimum atomic E-state index is 0.732. The summed E-state index contributed by atoms with van der Waals surface area (Å²) >= 11 is 0. The van der Waals surface area contributed by atoms with Crippen molar-refractivity contribution in [1.82, 2.24) is 21.3 Å². The van der Waals surface area contributed by atoms with E-state index >= 15 is 0 Å². The van der Waals surface area contributed by atoms with E-state index in [-0.39, 0.29) is 0 Å². The van der Waals surface area contributed by atoms with Crippen LogP contribution in [0.5, 0.6) is 0 Å². The van der Waals surface area contributed by atoms with Gasteiger partial charge in [0.2, 0.25) is 0 Å². The van der Waals surface area contributed by atoms with Gasteiger partial charge in [-0.2, -0.15) is 0 Å². The molecule has 0 aliphatic heterocycles. The summed E-state index contributed by atoms with van der Waals surface area (Å²) in [7, 11) is 0. The average Bonchev–Trinajstić information content (AvgIpc) is 3.07. The molecular weight excluding hydrogens is 212 g/mol. The lowest BCUT2D eigenvalue weighted by Crippen LogP contribution is -2.30. The molecule has 1 saturated carbocycles. The zero-order valence-electron chi connectivity index (χ0n) is 11.5. The van der Waals surface area contributed by atoms with E-state index in [1.807, 2.05) is 0 Å². The average molecular weight is 242 g/mol. The van der Waals surface area contributed by atoms with Gasteiger partial charge >= 0.3 is 0 Å². The van der Waals surface area contributed by atoms with Crippen molar-refractivity contribution in [3.8, 4) is 0 Å². The van der Waals surface area contributed by atoms with Crippen molar-refractivity contribution >= 4 is 0 Å². The maximum Gasteiger partial charge on any atom is 0.0237 e. The van der Waals surface area contributed by atoms with Crippen LogP contribution in [-0.4, -0.2) is 51.4 Å². The van der Waals surface area contributed by atoms with Crippen LogP contribution < -0.4 is 21.3 Å². The third-order valence-electron chi connectivity index (χ3n) is 3.16. The summed E-state index contributed by atoms with van der Waals surface area (Å²) in [6.45, 7) is 11.0. The molecule has 1 aliphatic rings. The summed E-state index contributed by atoms with van der Waals surface area (Å²) in [5.74, 6) is 0. The van der Waals surface area contributed by atoms with Crippen molar-refractivity contribution in [2.75, 3.05) is 39.3 Å². The van der Waals surface area contributed by atoms with Crippen LogP contribution >= 0.6 is 0 Å². The molecule has 0 aromatic rings. The van der Waals surface area contributed by atoms with E-state index in [0.717, 1.165) is 51.4 Å². The topological polar surface area (TPSA) is 48.1 Å². The monoisotopic (exact) mass is 242 g/mol. The molecule has 0 amide bonds. The fourth-order valence-corrected chi connectivity index (χ4v) is 2.00. The van der Waals surface area contributed by atoms with Gasteiger partial charge in [-0.3, -0.25) is 0 Å². The van der Waals surface area contributed by atoms with Gasteiger partial charge in [0.15, 0.2) is 0 Å². The second-order valence-electron chi connectivity index (χ2n) is 4.77. The maximum absolute atomic E-state index is 3.60. The highest BCUT2D eigenvalue weighted by Gasteiger charge is 2.35. The Balaban J connectivity index is 1.78. The van der Waals surface area contributed by atoms with Gasteiger partial charge < -0.3 is 21.3 Å². The summed E-state index contributed by atoms with van der Waals surface area (Å²) in [6, 6.07) is 1.46. The van der Waals surface area contributed by atoms with Gasteiger partial charge in [-0.25, -0.2) is 0 Å². The van der Waals surface area contributed by atoms with Crippen molar-refractivity contribution in [2.24, 2.45) is 0 Å². The highest BCUT2D eigenvalue weighted by atomic mass is 15.1. The first-order valence-corrected chi connectivity index (χ1v) is 7.26. The Hall–Kier alpha value is -0.160. The minimum Gasteiger partial charge on any atom is -0.317 e. The number of hydrogen-bond acceptors (Lipinski definition) is 4. The first-order valence-electron chi connectivity index (χ1n) is 7.26. The molecule has 2 atom stereocenters. The second kappa shape index (κ2) is 9.83. The molecule has 0 radical (unpaired) electrons. The molecule has 0 unspecified atom stereocenters. The van der Waals surface area contributed by atoms with Gasteiger partial charge in [-0.1, -0.05) is 13.8 Å². The standard InChI is InChI=1S/C13H30N4/c1-3-14-7-5-9-16-12-11-13(12)17-10-6-8-15-4-2/h12-17H,3-11H2,1-2H3/t12-,13-/m0/s1. The lowest BCUT2D eigenvalue weighted by atomic mass is 10.4. The molecule has 102 valence electrons. The smallest absolute Gasteiger partial charge is 0.0237 e. The second-order valence-corrected chi connectivity index (χ2v) is 4.77. The van der Waals surface area contributed by atoms with Gasteiger partial charge in [-0.15, -0.1) is 0 Å². The molecule has 4 heteroatoms. The summed E-state index contributed by atoms with van der Waals surface area (Å²) < 4.78 is 0. The molecular formula is C13H30N4. The number of nitrogens with one attached hydrogen (secondary N) is 4. The summed E-state index contributed by atoms with van der Waals surface area (Å²) in [5, 5.41) is 13.9. The molecule has 17 heavy (non-hydrogen) atoms. The largest absolute Gasteiger partial charge is 0.317 e. The Labute approximate surface area is 106 Å². The predicted molar refractivity (Wildman–Crippen MR) is 74.5 cm³/mol. The van der Waals surface area contributed by atoms with Gasteiger partial charge in [0.1, 0.15) is 0 Å². The molecule has 0 aromatic heterocycles. The molecule has 0 aromatic carbocycles. The Morgan fingerprint density at radius 1 is 0.765 bits per heavy atom. The van der Waals surface area contributed by atoms with Crippen LogP contribution in [0, 0.1) is 0 Å². The van der Waals surface area contributed by atoms with Gasteiger partial charge in [0.25, 0.3) is 0 Å². The van der Waals surface area contributed by atoms with E-state index in [2.05, 4.69) is 35.1 Å². The van der Waals surface area contributed by atoms with Crippen molar-refractivity contribution in [2.45, 2.75) is 45.2 Å². The quantitative estimate of drug-likeness (QED) is 0.372. The first-order chi connectivity index (χ1) is 8.38. The molecule has 4 nitrogen and oxygen atoms in total. The molecule has 0 bridgehead atoms. The van der Waals surface area contributed by atoms with Crippen LogP contribution in [0.15, 0.2) is 0 Å². The molecule has 1 fully saturated rings. The minimum absolute atomic E-state index is 0.732. The van der Waals surface area contributed by atoms with E-state index in [9.17, 15) is 0 Å². The lowest BCUT2D eigenvalue weighted by Gasteiger charge is -2.06. The predicted octanol–water partition coefficient (Wildman–Crippen LogP) is 0.306. The van der Waals surface area contributed by atoms with E-state index in [1.165, 1.54) is 19.3 Å². The molecule has 4 N–H and O–H groups in total. The van der Waals surface area contributed by atoms with Crippen LogP contribution in [0.4, 0.5) is 0 Å². The highest BCUT2D eigenvalue weighted by Crippen LogP contribution is 2.20. The van der Waals surface area contributed by atoms with Crippen molar-refractivity contribution in [1.29, 1.82) is 0 Å². The van der Waals surface area contributed by atoms with E-state index in [0.29, 0.717) is 0 Å². The highest BCUT2D eigenvalue weighted by molar-refractivity contribution is 4.99. The normalized spacial score (nSPS) is 22.9. The van der Waals surface area contributed by atoms with Crippen LogP contribution in [0.2, 0.25) is 0 Å². The van der Waals surface area contributed by atoms with Crippen LogP contribution in [0.25, 0.3) is 0 Å². The zero-order chi connectivity index (χ0) is 12.3. The van der Waals surface area contributed by atoms with Gasteiger partial charge in [0.05, 0.1) is 0 Å². The lowest BCUT2D eigenvalue weighted by molar-refractivity contribution is 0.558.